The van der Waals surface area contributed by atoms with Crippen molar-refractivity contribution in [3.05, 3.63) is 40.8 Å². The Morgan fingerprint density at radius 3 is 3.12 bits per heavy atom. The third-order valence-corrected chi connectivity index (χ3v) is 3.61. The van der Waals surface area contributed by atoms with E-state index in [2.05, 4.69) is 27.0 Å². The van der Waals surface area contributed by atoms with Crippen LogP contribution in [-0.2, 0) is 13.1 Å². The normalized spacial score (nSPS) is 14.7. The highest BCUT2D eigenvalue weighted by molar-refractivity contribution is 6.31. The number of imidazole rings is 1. The van der Waals surface area contributed by atoms with E-state index >= 15 is 0 Å². The maximum Gasteiger partial charge on any atom is 0.123 e. The number of aryl methyl sites for hydroxylation is 1. The molecule has 2 heterocycles. The number of rotatable bonds is 1. The highest BCUT2D eigenvalue weighted by Crippen LogP contribution is 2.26. The van der Waals surface area contributed by atoms with Crippen molar-refractivity contribution in [2.75, 3.05) is 6.54 Å². The summed E-state index contributed by atoms with van der Waals surface area (Å²) in [6.45, 7) is 4.83. The smallest absolute Gasteiger partial charge is 0.123 e. The van der Waals surface area contributed by atoms with Crippen LogP contribution in [0.15, 0.2) is 24.4 Å². The topological polar surface area (TPSA) is 29.9 Å². The molecule has 0 amide bonds. The average molecular weight is 248 g/mol. The molecule has 2 aromatic rings. The largest absolute Gasteiger partial charge is 0.326 e. The second-order valence-corrected chi connectivity index (χ2v) is 4.76. The van der Waals surface area contributed by atoms with Crippen LogP contribution in [0.4, 0.5) is 0 Å². The molecule has 0 bridgehead atoms. The maximum absolute atomic E-state index is 6.17. The number of halogens is 1. The average Bonchev–Trinajstić information content (AvgIpc) is 2.76. The van der Waals surface area contributed by atoms with E-state index in [9.17, 15) is 0 Å². The van der Waals surface area contributed by atoms with Gasteiger partial charge in [0.25, 0.3) is 0 Å². The predicted molar refractivity (Wildman–Crippen MR) is 69.1 cm³/mol. The summed E-state index contributed by atoms with van der Waals surface area (Å²) >= 11 is 6.17. The van der Waals surface area contributed by atoms with E-state index in [0.717, 1.165) is 47.3 Å². The van der Waals surface area contributed by atoms with Gasteiger partial charge in [0.05, 0.1) is 18.4 Å². The number of benzene rings is 1. The van der Waals surface area contributed by atoms with Gasteiger partial charge in [-0.05, 0) is 18.6 Å². The first-order chi connectivity index (χ1) is 8.25. The molecule has 1 N–H and O–H groups in total. The Labute approximate surface area is 105 Å². The molecule has 3 rings (SSSR count). The van der Waals surface area contributed by atoms with Crippen molar-refractivity contribution in [3.63, 3.8) is 0 Å². The fourth-order valence-corrected chi connectivity index (χ4v) is 2.36. The molecular weight excluding hydrogens is 234 g/mol. The molecule has 17 heavy (non-hydrogen) atoms. The quantitative estimate of drug-likeness (QED) is 0.840. The molecule has 1 aliphatic heterocycles. The maximum atomic E-state index is 6.17. The number of fused-ring (bicyclic) bond motifs is 1. The number of aromatic nitrogens is 2. The molecule has 0 atom stereocenters. The number of hydrogen-bond donors (Lipinski definition) is 1. The molecule has 3 nitrogen and oxygen atoms in total. The Hall–Kier alpha value is -1.32. The third-order valence-electron chi connectivity index (χ3n) is 3.20. The molecule has 0 radical (unpaired) electrons. The lowest BCUT2D eigenvalue weighted by atomic mass is 10.1. The summed E-state index contributed by atoms with van der Waals surface area (Å²) in [5.74, 6) is 1.10. The zero-order chi connectivity index (χ0) is 11.8. The van der Waals surface area contributed by atoms with Gasteiger partial charge in [0.1, 0.15) is 5.82 Å². The summed E-state index contributed by atoms with van der Waals surface area (Å²) in [6, 6.07) is 6.18. The van der Waals surface area contributed by atoms with E-state index < -0.39 is 0 Å². The molecule has 1 aliphatic rings. The van der Waals surface area contributed by atoms with Gasteiger partial charge in [-0.25, -0.2) is 4.98 Å². The predicted octanol–water partition coefficient (Wildman–Crippen LogP) is 2.62. The summed E-state index contributed by atoms with van der Waals surface area (Å²) < 4.78 is 2.26. The molecule has 4 heteroatoms. The standard InChI is InChI=1S/C13H14ClN3/c1-9-2-3-10(6-11(9)14)12-7-16-13-8-15-4-5-17(12)13/h2-3,6-7,15H,4-5,8H2,1H3. The second-order valence-electron chi connectivity index (χ2n) is 4.35. The van der Waals surface area contributed by atoms with Crippen molar-refractivity contribution in [3.8, 4) is 11.3 Å². The summed E-state index contributed by atoms with van der Waals surface area (Å²) in [6.07, 6.45) is 1.93. The van der Waals surface area contributed by atoms with Gasteiger partial charge >= 0.3 is 0 Å². The van der Waals surface area contributed by atoms with Crippen LogP contribution < -0.4 is 5.32 Å². The van der Waals surface area contributed by atoms with Crippen molar-refractivity contribution in [2.24, 2.45) is 0 Å². The third kappa shape index (κ3) is 1.85. The molecular formula is C13H14ClN3. The van der Waals surface area contributed by atoms with Crippen LogP contribution in [-0.4, -0.2) is 16.1 Å². The summed E-state index contributed by atoms with van der Waals surface area (Å²) in [5.41, 5.74) is 3.40. The molecule has 0 spiro atoms. The van der Waals surface area contributed by atoms with E-state index in [-0.39, 0.29) is 0 Å². The molecule has 0 saturated heterocycles. The SMILES string of the molecule is Cc1ccc(-c2cnc3n2CCNC3)cc1Cl. The Bertz CT molecular complexity index is 560. The van der Waals surface area contributed by atoms with Crippen molar-refractivity contribution < 1.29 is 0 Å². The van der Waals surface area contributed by atoms with Gasteiger partial charge in [0.2, 0.25) is 0 Å². The molecule has 0 fully saturated rings. The zero-order valence-corrected chi connectivity index (χ0v) is 10.5. The van der Waals surface area contributed by atoms with Gasteiger partial charge in [-0.15, -0.1) is 0 Å². The molecule has 0 unspecified atom stereocenters. The fourth-order valence-electron chi connectivity index (χ4n) is 2.18. The van der Waals surface area contributed by atoms with E-state index in [1.807, 2.05) is 19.2 Å². The van der Waals surface area contributed by atoms with Crippen molar-refractivity contribution in [1.82, 2.24) is 14.9 Å². The lowest BCUT2D eigenvalue weighted by molar-refractivity contribution is 0.508. The van der Waals surface area contributed by atoms with Crippen LogP contribution in [0, 0.1) is 6.92 Å². The van der Waals surface area contributed by atoms with Crippen molar-refractivity contribution in [1.29, 1.82) is 0 Å². The molecule has 0 aliphatic carbocycles. The Balaban J connectivity index is 2.09. The Morgan fingerprint density at radius 2 is 2.29 bits per heavy atom. The van der Waals surface area contributed by atoms with Gasteiger partial charge in [0, 0.05) is 23.7 Å². The summed E-state index contributed by atoms with van der Waals surface area (Å²) in [4.78, 5) is 4.44. The molecule has 0 saturated carbocycles. The first-order valence-electron chi connectivity index (χ1n) is 5.77. The van der Waals surface area contributed by atoms with Crippen molar-refractivity contribution >= 4 is 11.6 Å². The minimum absolute atomic E-state index is 0.812. The highest BCUT2D eigenvalue weighted by Gasteiger charge is 2.14. The summed E-state index contributed by atoms with van der Waals surface area (Å²) in [5, 5.41) is 4.13. The van der Waals surface area contributed by atoms with Crippen LogP contribution >= 0.6 is 11.6 Å². The van der Waals surface area contributed by atoms with Crippen LogP contribution in [0.1, 0.15) is 11.4 Å². The van der Waals surface area contributed by atoms with E-state index in [1.165, 1.54) is 0 Å². The fraction of sp³-hybridized carbons (Fsp3) is 0.308. The van der Waals surface area contributed by atoms with Gasteiger partial charge in [0.15, 0.2) is 0 Å². The lowest BCUT2D eigenvalue weighted by Crippen LogP contribution is -2.28. The minimum atomic E-state index is 0.812. The van der Waals surface area contributed by atoms with Gasteiger partial charge in [-0.3, -0.25) is 0 Å². The summed E-state index contributed by atoms with van der Waals surface area (Å²) in [7, 11) is 0. The lowest BCUT2D eigenvalue weighted by Gasteiger charge is -2.17. The van der Waals surface area contributed by atoms with Gasteiger partial charge in [-0.2, -0.15) is 0 Å². The monoisotopic (exact) mass is 247 g/mol. The molecule has 88 valence electrons. The minimum Gasteiger partial charge on any atom is -0.326 e. The Kier molecular flexibility index (Phi) is 2.65. The first-order valence-corrected chi connectivity index (χ1v) is 6.15. The van der Waals surface area contributed by atoms with E-state index in [4.69, 9.17) is 11.6 Å². The van der Waals surface area contributed by atoms with E-state index in [0.29, 0.717) is 0 Å². The number of nitrogens with one attached hydrogen (secondary N) is 1. The highest BCUT2D eigenvalue weighted by atomic mass is 35.5. The molecule has 1 aromatic carbocycles. The van der Waals surface area contributed by atoms with E-state index in [1.54, 1.807) is 0 Å². The van der Waals surface area contributed by atoms with Crippen molar-refractivity contribution in [2.45, 2.75) is 20.0 Å². The van der Waals surface area contributed by atoms with Crippen LogP contribution in [0.5, 0.6) is 0 Å². The van der Waals surface area contributed by atoms with Crippen LogP contribution in [0.3, 0.4) is 0 Å². The first kappa shape index (κ1) is 10.8. The number of nitrogens with zero attached hydrogens (tertiary/aromatic N) is 2. The van der Waals surface area contributed by atoms with Crippen LogP contribution in [0.25, 0.3) is 11.3 Å². The zero-order valence-electron chi connectivity index (χ0n) is 9.70. The number of hydrogen-bond acceptors (Lipinski definition) is 2. The van der Waals surface area contributed by atoms with Gasteiger partial charge < -0.3 is 9.88 Å². The van der Waals surface area contributed by atoms with Crippen LogP contribution in [0.2, 0.25) is 5.02 Å². The van der Waals surface area contributed by atoms with Gasteiger partial charge in [-0.1, -0.05) is 23.7 Å². The molecule has 1 aromatic heterocycles. The second kappa shape index (κ2) is 4.17. The Morgan fingerprint density at radius 1 is 1.41 bits per heavy atom.